The summed E-state index contributed by atoms with van der Waals surface area (Å²) < 4.78 is 49.8. The second-order valence-electron chi connectivity index (χ2n) is 5.27. The van der Waals surface area contributed by atoms with Gasteiger partial charge in [-0.2, -0.15) is 0 Å². The molecule has 0 aromatic heterocycles. The van der Waals surface area contributed by atoms with Crippen LogP contribution in [0.25, 0.3) is 0 Å². The fourth-order valence-electron chi connectivity index (χ4n) is 2.31. The Labute approximate surface area is 138 Å². The molecule has 0 saturated heterocycles. The zero-order valence-corrected chi connectivity index (χ0v) is 13.4. The van der Waals surface area contributed by atoms with E-state index in [2.05, 4.69) is 4.72 Å². The van der Waals surface area contributed by atoms with Crippen LogP contribution in [0.15, 0.2) is 47.4 Å². The lowest BCUT2D eigenvalue weighted by Gasteiger charge is -2.12. The molecule has 1 aliphatic heterocycles. The molecule has 2 N–H and O–H groups in total. The maximum atomic E-state index is 12.8. The summed E-state index contributed by atoms with van der Waals surface area (Å²) in [4.78, 5) is -0.0264. The van der Waals surface area contributed by atoms with Gasteiger partial charge in [-0.15, -0.1) is 0 Å². The third-order valence-corrected chi connectivity index (χ3v) is 5.09. The number of benzene rings is 2. The minimum Gasteiger partial charge on any atom is -0.454 e. The number of aliphatic hydroxyl groups is 1. The Hall–Kier alpha value is -2.16. The van der Waals surface area contributed by atoms with Gasteiger partial charge in [0.1, 0.15) is 5.82 Å². The molecule has 1 atom stereocenters. The van der Waals surface area contributed by atoms with Crippen molar-refractivity contribution in [1.29, 1.82) is 0 Å². The van der Waals surface area contributed by atoms with Crippen molar-refractivity contribution in [2.24, 2.45) is 0 Å². The first kappa shape index (κ1) is 16.7. The highest BCUT2D eigenvalue weighted by atomic mass is 32.2. The van der Waals surface area contributed by atoms with E-state index in [0.717, 1.165) is 12.1 Å². The summed E-state index contributed by atoms with van der Waals surface area (Å²) >= 11 is 0. The van der Waals surface area contributed by atoms with Gasteiger partial charge < -0.3 is 14.6 Å². The van der Waals surface area contributed by atoms with Gasteiger partial charge in [-0.1, -0.05) is 6.07 Å². The first-order chi connectivity index (χ1) is 11.5. The van der Waals surface area contributed by atoms with Gasteiger partial charge in [0.2, 0.25) is 16.8 Å². The van der Waals surface area contributed by atoms with Gasteiger partial charge in [0.25, 0.3) is 0 Å². The van der Waals surface area contributed by atoms with Gasteiger partial charge >= 0.3 is 0 Å². The summed E-state index contributed by atoms with van der Waals surface area (Å²) in [5.41, 5.74) is 0.611. The summed E-state index contributed by atoms with van der Waals surface area (Å²) in [5, 5.41) is 10.2. The highest BCUT2D eigenvalue weighted by Crippen LogP contribution is 2.34. The van der Waals surface area contributed by atoms with Crippen molar-refractivity contribution >= 4 is 10.0 Å². The molecule has 0 fully saturated rings. The topological polar surface area (TPSA) is 84.9 Å². The predicted molar refractivity (Wildman–Crippen MR) is 83.7 cm³/mol. The third kappa shape index (κ3) is 3.66. The summed E-state index contributed by atoms with van der Waals surface area (Å²) in [6.07, 6.45) is -0.671. The van der Waals surface area contributed by atoms with Crippen LogP contribution in [0.1, 0.15) is 18.1 Å². The second kappa shape index (κ2) is 6.76. The van der Waals surface area contributed by atoms with Crippen LogP contribution in [0.3, 0.4) is 0 Å². The van der Waals surface area contributed by atoms with Crippen molar-refractivity contribution in [1.82, 2.24) is 4.72 Å². The fraction of sp³-hybridized carbons (Fsp3) is 0.250. The van der Waals surface area contributed by atoms with Gasteiger partial charge in [-0.3, -0.25) is 0 Å². The van der Waals surface area contributed by atoms with Crippen molar-refractivity contribution in [3.8, 4) is 11.5 Å². The van der Waals surface area contributed by atoms with Gasteiger partial charge in [-0.25, -0.2) is 17.5 Å². The van der Waals surface area contributed by atoms with Crippen LogP contribution < -0.4 is 14.2 Å². The lowest BCUT2D eigenvalue weighted by molar-refractivity contribution is 0.166. The van der Waals surface area contributed by atoms with Gasteiger partial charge in [-0.05, 0) is 48.4 Å². The Kier molecular flexibility index (Phi) is 4.70. The normalized spacial score (nSPS) is 14.6. The Morgan fingerprint density at radius 2 is 1.83 bits per heavy atom. The zero-order valence-electron chi connectivity index (χ0n) is 12.6. The van der Waals surface area contributed by atoms with Gasteiger partial charge in [0, 0.05) is 6.54 Å². The Morgan fingerprint density at radius 3 is 2.58 bits per heavy atom. The molecule has 1 heterocycles. The van der Waals surface area contributed by atoms with Crippen molar-refractivity contribution in [3.05, 3.63) is 53.8 Å². The SMILES string of the molecule is O=S(=O)(NCCC(O)c1ccc2c(c1)OCO2)c1ccc(F)cc1. The fourth-order valence-corrected chi connectivity index (χ4v) is 3.36. The quantitative estimate of drug-likeness (QED) is 0.829. The molecule has 1 aliphatic rings. The molecule has 0 amide bonds. The molecule has 2 aromatic rings. The molecule has 0 radical (unpaired) electrons. The number of nitrogens with one attached hydrogen (secondary N) is 1. The van der Waals surface area contributed by atoms with Crippen LogP contribution in [0.5, 0.6) is 11.5 Å². The first-order valence-corrected chi connectivity index (χ1v) is 8.77. The van der Waals surface area contributed by atoms with Crippen molar-refractivity contribution in [3.63, 3.8) is 0 Å². The summed E-state index contributed by atoms with van der Waals surface area (Å²) in [6, 6.07) is 9.60. The Balaban J connectivity index is 1.58. The molecule has 0 spiro atoms. The van der Waals surface area contributed by atoms with Crippen LogP contribution in [0.4, 0.5) is 4.39 Å². The molecule has 6 nitrogen and oxygen atoms in total. The van der Waals surface area contributed by atoms with Gasteiger partial charge in [0.15, 0.2) is 11.5 Å². The molecule has 2 aromatic carbocycles. The van der Waals surface area contributed by atoms with Crippen LogP contribution in [0.2, 0.25) is 0 Å². The van der Waals surface area contributed by atoms with Crippen LogP contribution in [-0.2, 0) is 10.0 Å². The third-order valence-electron chi connectivity index (χ3n) is 3.62. The highest BCUT2D eigenvalue weighted by molar-refractivity contribution is 7.89. The maximum absolute atomic E-state index is 12.8. The van der Waals surface area contributed by atoms with E-state index in [9.17, 15) is 17.9 Å². The standard InChI is InChI=1S/C16H16FNO5S/c17-12-2-4-13(5-3-12)24(20,21)18-8-7-14(19)11-1-6-15-16(9-11)23-10-22-15/h1-6,9,14,18-19H,7-8,10H2. The average Bonchev–Trinajstić information content (AvgIpc) is 3.02. The van der Waals surface area contributed by atoms with E-state index in [-0.39, 0.29) is 24.7 Å². The maximum Gasteiger partial charge on any atom is 0.240 e. The molecule has 24 heavy (non-hydrogen) atoms. The van der Waals surface area contributed by atoms with Crippen LogP contribution in [-0.4, -0.2) is 26.9 Å². The monoisotopic (exact) mass is 353 g/mol. The minimum absolute atomic E-state index is 0.0264. The van der Waals surface area contributed by atoms with Crippen molar-refractivity contribution in [2.75, 3.05) is 13.3 Å². The van der Waals surface area contributed by atoms with Crippen LogP contribution >= 0.6 is 0 Å². The van der Waals surface area contributed by atoms with Crippen LogP contribution in [0, 0.1) is 5.82 Å². The van der Waals surface area contributed by atoms with E-state index in [1.807, 2.05) is 0 Å². The van der Waals surface area contributed by atoms with E-state index < -0.39 is 21.9 Å². The minimum atomic E-state index is -3.74. The molecule has 1 unspecified atom stereocenters. The first-order valence-electron chi connectivity index (χ1n) is 7.28. The lowest BCUT2D eigenvalue weighted by Crippen LogP contribution is -2.26. The van der Waals surface area contributed by atoms with Crippen molar-refractivity contribution < 1.29 is 27.4 Å². The Morgan fingerprint density at radius 1 is 1.12 bits per heavy atom. The number of aliphatic hydroxyl groups excluding tert-OH is 1. The molecule has 0 saturated carbocycles. The van der Waals surface area contributed by atoms with E-state index in [1.54, 1.807) is 18.2 Å². The Bertz CT molecular complexity index is 823. The number of ether oxygens (including phenoxy) is 2. The smallest absolute Gasteiger partial charge is 0.240 e. The molecular formula is C16H16FNO5S. The van der Waals surface area contributed by atoms with Crippen molar-refractivity contribution in [2.45, 2.75) is 17.4 Å². The van der Waals surface area contributed by atoms with E-state index >= 15 is 0 Å². The molecule has 0 bridgehead atoms. The number of hydrogen-bond acceptors (Lipinski definition) is 5. The largest absolute Gasteiger partial charge is 0.454 e. The van der Waals surface area contributed by atoms with E-state index in [4.69, 9.17) is 9.47 Å². The highest BCUT2D eigenvalue weighted by Gasteiger charge is 2.18. The summed E-state index contributed by atoms with van der Waals surface area (Å²) in [7, 11) is -3.74. The number of rotatable bonds is 6. The molecular weight excluding hydrogens is 337 g/mol. The average molecular weight is 353 g/mol. The molecule has 3 rings (SSSR count). The number of sulfonamides is 1. The van der Waals surface area contributed by atoms with E-state index in [0.29, 0.717) is 17.1 Å². The zero-order chi connectivity index (χ0) is 17.2. The lowest BCUT2D eigenvalue weighted by atomic mass is 10.1. The predicted octanol–water partition coefficient (Wildman–Crippen LogP) is 1.96. The number of hydrogen-bond donors (Lipinski definition) is 2. The van der Waals surface area contributed by atoms with E-state index in [1.165, 1.54) is 12.1 Å². The van der Waals surface area contributed by atoms with Gasteiger partial charge in [0.05, 0.1) is 11.0 Å². The molecule has 128 valence electrons. The summed E-state index contributed by atoms with van der Waals surface area (Å²) in [6.45, 7) is 0.182. The number of fused-ring (bicyclic) bond motifs is 1. The number of halogens is 1. The second-order valence-corrected chi connectivity index (χ2v) is 7.04. The molecule has 0 aliphatic carbocycles. The molecule has 8 heteroatoms. The summed E-state index contributed by atoms with van der Waals surface area (Å²) in [5.74, 6) is 0.661.